The van der Waals surface area contributed by atoms with Crippen molar-refractivity contribution < 1.29 is 5.11 Å². The summed E-state index contributed by atoms with van der Waals surface area (Å²) < 4.78 is 0. The molecule has 5 nitrogen and oxygen atoms in total. The average Bonchev–Trinajstić information content (AvgIpc) is 2.92. The minimum Gasteiger partial charge on any atom is -0.393 e. The van der Waals surface area contributed by atoms with Gasteiger partial charge >= 0.3 is 0 Å². The average molecular weight is 326 g/mol. The summed E-state index contributed by atoms with van der Waals surface area (Å²) in [4.78, 5) is 19.7. The van der Waals surface area contributed by atoms with E-state index in [-0.39, 0.29) is 22.7 Å². The van der Waals surface area contributed by atoms with Crippen molar-refractivity contribution in [2.45, 2.75) is 31.9 Å². The highest BCUT2D eigenvalue weighted by atomic mass is 35.5. The molecule has 112 valence electrons. The smallest absolute Gasteiger partial charge is 0.271 e. The number of aromatic amines is 1. The molecule has 3 rings (SSSR count). The maximum absolute atomic E-state index is 11.7. The maximum Gasteiger partial charge on any atom is 0.271 e. The molecular weight excluding hydrogens is 310 g/mol. The first-order chi connectivity index (χ1) is 10.0. The Bertz CT molecular complexity index is 680. The molecule has 3 N–H and O–H groups in total. The molecule has 0 saturated heterocycles. The van der Waals surface area contributed by atoms with Crippen LogP contribution >= 0.6 is 22.9 Å². The van der Waals surface area contributed by atoms with Crippen LogP contribution in [-0.2, 0) is 0 Å². The molecule has 1 atom stereocenters. The number of thiophene rings is 1. The lowest BCUT2D eigenvalue weighted by Gasteiger charge is -2.38. The van der Waals surface area contributed by atoms with Crippen LogP contribution in [0.15, 0.2) is 22.3 Å². The molecule has 2 heterocycles. The number of aliphatic hydroxyl groups is 1. The van der Waals surface area contributed by atoms with Crippen LogP contribution in [0.3, 0.4) is 0 Å². The van der Waals surface area contributed by atoms with Crippen LogP contribution in [-0.4, -0.2) is 21.2 Å². The molecule has 0 bridgehead atoms. The number of hydrogen-bond donors (Lipinski definition) is 3. The van der Waals surface area contributed by atoms with Gasteiger partial charge in [0, 0.05) is 4.88 Å². The molecule has 1 unspecified atom stereocenters. The van der Waals surface area contributed by atoms with E-state index >= 15 is 0 Å². The Hall–Kier alpha value is -1.37. The number of anilines is 1. The highest BCUT2D eigenvalue weighted by Crippen LogP contribution is 2.41. The van der Waals surface area contributed by atoms with E-state index < -0.39 is 0 Å². The van der Waals surface area contributed by atoms with E-state index in [1.807, 2.05) is 17.5 Å². The van der Waals surface area contributed by atoms with Gasteiger partial charge in [-0.1, -0.05) is 17.7 Å². The van der Waals surface area contributed by atoms with E-state index in [1.165, 1.54) is 0 Å². The fourth-order valence-corrected chi connectivity index (χ4v) is 3.62. The highest BCUT2D eigenvalue weighted by molar-refractivity contribution is 7.10. The van der Waals surface area contributed by atoms with E-state index in [0.29, 0.717) is 17.6 Å². The molecule has 1 aliphatic carbocycles. The summed E-state index contributed by atoms with van der Waals surface area (Å²) in [5.41, 5.74) is -0.342. The SMILES string of the molecule is Cc1nc(NC(c2cccs2)C2CC(O)C2)c(Cl)c(=O)[nH]1. The standard InChI is InChI=1S/C14H16ClN3O2S/c1-7-16-13(11(15)14(20)17-7)18-12(8-5-9(19)6-8)10-3-2-4-21-10/h2-4,8-9,12,19H,5-6H2,1H3,(H2,16,17,18,20). The summed E-state index contributed by atoms with van der Waals surface area (Å²) in [5, 5.41) is 14.9. The van der Waals surface area contributed by atoms with Gasteiger partial charge in [0.2, 0.25) is 0 Å². The fourth-order valence-electron chi connectivity index (χ4n) is 2.61. The minimum absolute atomic E-state index is 0.0135. The number of halogens is 1. The zero-order chi connectivity index (χ0) is 15.0. The Labute approximate surface area is 131 Å². The second-order valence-electron chi connectivity index (χ2n) is 5.34. The van der Waals surface area contributed by atoms with Crippen molar-refractivity contribution in [3.05, 3.63) is 43.6 Å². The number of aromatic nitrogens is 2. The Kier molecular flexibility index (Phi) is 4.01. The van der Waals surface area contributed by atoms with Crippen molar-refractivity contribution in [2.24, 2.45) is 5.92 Å². The Morgan fingerprint density at radius 1 is 1.57 bits per heavy atom. The Balaban J connectivity index is 1.90. The molecule has 0 amide bonds. The summed E-state index contributed by atoms with van der Waals surface area (Å²) in [6.45, 7) is 1.72. The first kappa shape index (κ1) is 14.6. The van der Waals surface area contributed by atoms with E-state index in [9.17, 15) is 9.90 Å². The fraction of sp³-hybridized carbons (Fsp3) is 0.429. The van der Waals surface area contributed by atoms with Crippen LogP contribution in [0.1, 0.15) is 29.6 Å². The summed E-state index contributed by atoms with van der Waals surface area (Å²) in [7, 11) is 0. The molecule has 0 aromatic carbocycles. The van der Waals surface area contributed by atoms with Gasteiger partial charge in [-0.05, 0) is 37.1 Å². The molecule has 0 aliphatic heterocycles. The van der Waals surface area contributed by atoms with Gasteiger partial charge in [-0.3, -0.25) is 4.79 Å². The quantitative estimate of drug-likeness (QED) is 0.807. The second-order valence-corrected chi connectivity index (χ2v) is 6.69. The van der Waals surface area contributed by atoms with Crippen molar-refractivity contribution in [1.29, 1.82) is 0 Å². The topological polar surface area (TPSA) is 78.0 Å². The van der Waals surface area contributed by atoms with Crippen LogP contribution in [0.4, 0.5) is 5.82 Å². The number of H-pyrrole nitrogens is 1. The number of aryl methyl sites for hydroxylation is 1. The van der Waals surface area contributed by atoms with Crippen molar-refractivity contribution >= 4 is 28.8 Å². The van der Waals surface area contributed by atoms with Crippen molar-refractivity contribution in [3.63, 3.8) is 0 Å². The number of nitrogens with one attached hydrogen (secondary N) is 2. The first-order valence-electron chi connectivity index (χ1n) is 6.79. The van der Waals surface area contributed by atoms with Gasteiger partial charge in [-0.2, -0.15) is 0 Å². The lowest BCUT2D eigenvalue weighted by molar-refractivity contribution is 0.0344. The van der Waals surface area contributed by atoms with E-state index in [4.69, 9.17) is 11.6 Å². The van der Waals surface area contributed by atoms with Gasteiger partial charge in [-0.25, -0.2) is 4.98 Å². The molecule has 2 aromatic heterocycles. The number of nitrogens with zero attached hydrogens (tertiary/aromatic N) is 1. The van der Waals surface area contributed by atoms with Crippen molar-refractivity contribution in [1.82, 2.24) is 9.97 Å². The molecule has 0 spiro atoms. The highest BCUT2D eigenvalue weighted by Gasteiger charge is 2.35. The predicted octanol–water partition coefficient (Wildman–Crippen LogP) is 2.72. The summed E-state index contributed by atoms with van der Waals surface area (Å²) >= 11 is 7.69. The van der Waals surface area contributed by atoms with Gasteiger partial charge in [-0.15, -0.1) is 11.3 Å². The molecule has 21 heavy (non-hydrogen) atoms. The summed E-state index contributed by atoms with van der Waals surface area (Å²) in [5.74, 6) is 1.24. The number of hydrogen-bond acceptors (Lipinski definition) is 5. The third-order valence-electron chi connectivity index (χ3n) is 3.74. The lowest BCUT2D eigenvalue weighted by atomic mass is 9.77. The van der Waals surface area contributed by atoms with Crippen LogP contribution in [0.5, 0.6) is 0 Å². The van der Waals surface area contributed by atoms with Crippen LogP contribution < -0.4 is 10.9 Å². The monoisotopic (exact) mass is 325 g/mol. The van der Waals surface area contributed by atoms with E-state index in [0.717, 1.165) is 17.7 Å². The van der Waals surface area contributed by atoms with E-state index in [1.54, 1.807) is 18.3 Å². The Morgan fingerprint density at radius 2 is 2.33 bits per heavy atom. The summed E-state index contributed by atoms with van der Waals surface area (Å²) in [6, 6.07) is 4.04. The van der Waals surface area contributed by atoms with Crippen LogP contribution in [0.2, 0.25) is 5.02 Å². The largest absolute Gasteiger partial charge is 0.393 e. The van der Waals surface area contributed by atoms with Crippen molar-refractivity contribution in [2.75, 3.05) is 5.32 Å². The molecular formula is C14H16ClN3O2S. The van der Waals surface area contributed by atoms with Crippen molar-refractivity contribution in [3.8, 4) is 0 Å². The molecule has 1 aliphatic rings. The lowest BCUT2D eigenvalue weighted by Crippen LogP contribution is -2.36. The zero-order valence-corrected chi connectivity index (χ0v) is 13.0. The second kappa shape index (κ2) is 5.79. The maximum atomic E-state index is 11.7. The molecule has 7 heteroatoms. The first-order valence-corrected chi connectivity index (χ1v) is 8.04. The van der Waals surface area contributed by atoms with Crippen LogP contribution in [0.25, 0.3) is 0 Å². The van der Waals surface area contributed by atoms with Gasteiger partial charge < -0.3 is 15.4 Å². The van der Waals surface area contributed by atoms with Gasteiger partial charge in [0.25, 0.3) is 5.56 Å². The van der Waals surface area contributed by atoms with Gasteiger partial charge in [0.05, 0.1) is 12.1 Å². The normalized spacial score (nSPS) is 22.6. The van der Waals surface area contributed by atoms with E-state index in [2.05, 4.69) is 15.3 Å². The summed E-state index contributed by atoms with van der Waals surface area (Å²) in [6.07, 6.45) is 1.26. The molecule has 1 fully saturated rings. The van der Waals surface area contributed by atoms with Crippen LogP contribution in [0, 0.1) is 12.8 Å². The molecule has 2 aromatic rings. The molecule has 0 radical (unpaired) electrons. The zero-order valence-electron chi connectivity index (χ0n) is 11.5. The van der Waals surface area contributed by atoms with Gasteiger partial charge in [0.15, 0.2) is 5.82 Å². The predicted molar refractivity (Wildman–Crippen MR) is 84.0 cm³/mol. The van der Waals surface area contributed by atoms with Gasteiger partial charge in [0.1, 0.15) is 10.8 Å². The third kappa shape index (κ3) is 2.97. The number of rotatable bonds is 4. The third-order valence-corrected chi connectivity index (χ3v) is 5.05. The number of aliphatic hydroxyl groups excluding tert-OH is 1. The minimum atomic E-state index is -0.342. The Morgan fingerprint density at radius 3 is 2.95 bits per heavy atom. The molecule has 1 saturated carbocycles.